The van der Waals surface area contributed by atoms with E-state index in [0.717, 1.165) is 11.3 Å². The van der Waals surface area contributed by atoms with Crippen molar-refractivity contribution in [2.45, 2.75) is 23.1 Å². The van der Waals surface area contributed by atoms with Gasteiger partial charge in [0.1, 0.15) is 22.8 Å². The molecule has 37 heavy (non-hydrogen) atoms. The van der Waals surface area contributed by atoms with Gasteiger partial charge < -0.3 is 21.0 Å². The van der Waals surface area contributed by atoms with Gasteiger partial charge in [0.2, 0.25) is 5.16 Å². The summed E-state index contributed by atoms with van der Waals surface area (Å²) in [6.45, 7) is 3.87. The number of allylic oxidation sites excluding steroid dienone is 1. The van der Waals surface area contributed by atoms with Crippen molar-refractivity contribution in [1.82, 2.24) is 35.4 Å². The number of nitrogens with one attached hydrogen (secondary N) is 1. The molecule has 0 aromatic carbocycles. The summed E-state index contributed by atoms with van der Waals surface area (Å²) >= 11 is 3.68. The van der Waals surface area contributed by atoms with Crippen LogP contribution >= 0.6 is 34.9 Å². The molecule has 2 aliphatic heterocycles. The normalized spacial score (nSPS) is 19.1. The molecule has 2 amide bonds. The molecular formula is C20H19N9O5S3. The number of thiazole rings is 1. The van der Waals surface area contributed by atoms with Crippen LogP contribution in [-0.4, -0.2) is 88.2 Å². The number of nitrogens with zero attached hydrogens (tertiary/aromatic N) is 7. The average molecular weight is 562 g/mol. The van der Waals surface area contributed by atoms with E-state index < -0.39 is 29.2 Å². The van der Waals surface area contributed by atoms with Crippen LogP contribution in [0.1, 0.15) is 5.69 Å². The Bertz CT molecular complexity index is 1340. The first-order chi connectivity index (χ1) is 17.8. The molecule has 1 saturated heterocycles. The van der Waals surface area contributed by atoms with Gasteiger partial charge in [0.05, 0.1) is 6.54 Å². The quantitative estimate of drug-likeness (QED) is 0.0623. The van der Waals surface area contributed by atoms with E-state index in [9.17, 15) is 19.5 Å². The number of oxime groups is 1. The molecule has 17 heteroatoms. The number of nitrogens with two attached hydrogens (primary N) is 1. The largest absolute Gasteiger partial charge is 0.477 e. The van der Waals surface area contributed by atoms with Gasteiger partial charge in [-0.05, 0) is 16.0 Å². The standard InChI is InChI=1S/C20H19N9O5S3/c1-3-5-28-20(24-26-27-28)37-8-10-7-35-17-13(16(31)29(17)14(10)18(32)33)23-15(30)12(25-34-6-4-2)11-9-36-19(21)22-11/h2-3,9,13,17H,1,5-8H2,(H2,21,22)(H,23,30)(H,32,33)/t13?,17-/m1/s1. The van der Waals surface area contributed by atoms with Crippen molar-refractivity contribution in [3.8, 4) is 12.3 Å². The van der Waals surface area contributed by atoms with Gasteiger partial charge in [-0.25, -0.2) is 14.5 Å². The molecule has 1 unspecified atom stereocenters. The molecule has 0 bridgehead atoms. The molecular weight excluding hydrogens is 542 g/mol. The zero-order valence-corrected chi connectivity index (χ0v) is 21.4. The first-order valence-corrected chi connectivity index (χ1v) is 13.3. The summed E-state index contributed by atoms with van der Waals surface area (Å²) < 4.78 is 1.53. The average Bonchev–Trinajstić information content (AvgIpc) is 3.51. The van der Waals surface area contributed by atoms with Gasteiger partial charge in [-0.1, -0.05) is 28.9 Å². The van der Waals surface area contributed by atoms with Crippen LogP contribution in [0.5, 0.6) is 0 Å². The lowest BCUT2D eigenvalue weighted by molar-refractivity contribution is -0.150. The Balaban J connectivity index is 1.49. The Morgan fingerprint density at radius 2 is 2.32 bits per heavy atom. The van der Waals surface area contributed by atoms with Crippen molar-refractivity contribution in [2.75, 3.05) is 23.8 Å². The fourth-order valence-electron chi connectivity index (χ4n) is 3.43. The first kappa shape index (κ1) is 26.2. The second-order valence-corrected chi connectivity index (χ2v) is 10.3. The predicted octanol–water partition coefficient (Wildman–Crippen LogP) is -0.217. The van der Waals surface area contributed by atoms with Crippen LogP contribution in [0.4, 0.5) is 5.13 Å². The van der Waals surface area contributed by atoms with Crippen LogP contribution in [0.2, 0.25) is 0 Å². The number of β-lactam (4-membered cyclic amide) rings is 1. The topological polar surface area (TPSA) is 191 Å². The molecule has 0 spiro atoms. The van der Waals surface area contributed by atoms with Crippen LogP contribution in [0.3, 0.4) is 0 Å². The Kier molecular flexibility index (Phi) is 8.11. The lowest BCUT2D eigenvalue weighted by Crippen LogP contribution is -2.71. The van der Waals surface area contributed by atoms with Gasteiger partial charge in [-0.2, -0.15) is 0 Å². The van der Waals surface area contributed by atoms with Crippen molar-refractivity contribution in [3.05, 3.63) is 35.0 Å². The lowest BCUT2D eigenvalue weighted by atomic mass is 10.0. The van der Waals surface area contributed by atoms with Gasteiger partial charge in [0, 0.05) is 16.9 Å². The number of carbonyl (C=O) groups excluding carboxylic acids is 2. The Morgan fingerprint density at radius 1 is 1.51 bits per heavy atom. The second kappa shape index (κ2) is 11.5. The number of carbonyl (C=O) groups is 3. The van der Waals surface area contributed by atoms with Gasteiger partial charge in [-0.15, -0.1) is 41.2 Å². The maximum Gasteiger partial charge on any atom is 0.352 e. The van der Waals surface area contributed by atoms with Crippen LogP contribution in [0.25, 0.3) is 0 Å². The Labute approximate surface area is 222 Å². The molecule has 0 saturated carbocycles. The van der Waals surface area contributed by atoms with E-state index in [4.69, 9.17) is 17.0 Å². The van der Waals surface area contributed by atoms with Crippen LogP contribution < -0.4 is 11.1 Å². The van der Waals surface area contributed by atoms with E-state index in [1.54, 1.807) is 6.08 Å². The van der Waals surface area contributed by atoms with Crippen molar-refractivity contribution < 1.29 is 24.3 Å². The van der Waals surface area contributed by atoms with Gasteiger partial charge in [-0.3, -0.25) is 14.5 Å². The molecule has 14 nitrogen and oxygen atoms in total. The van der Waals surface area contributed by atoms with Crippen molar-refractivity contribution in [1.29, 1.82) is 0 Å². The lowest BCUT2D eigenvalue weighted by Gasteiger charge is -2.49. The van der Waals surface area contributed by atoms with E-state index in [1.807, 2.05) is 0 Å². The molecule has 4 rings (SSSR count). The van der Waals surface area contributed by atoms with Crippen LogP contribution in [0, 0.1) is 12.3 Å². The van der Waals surface area contributed by atoms with Crippen LogP contribution in [-0.2, 0) is 25.8 Å². The number of hydrogen-bond donors (Lipinski definition) is 3. The summed E-state index contributed by atoms with van der Waals surface area (Å²) in [5, 5.41) is 29.2. The number of amides is 2. The summed E-state index contributed by atoms with van der Waals surface area (Å²) in [6.07, 6.45) is 6.79. The molecule has 2 aromatic heterocycles. The summed E-state index contributed by atoms with van der Waals surface area (Å²) in [5.74, 6) is 0.265. The number of nitrogen functional groups attached to an aromatic ring is 1. The number of rotatable bonds is 11. The molecule has 4 N–H and O–H groups in total. The molecule has 0 aliphatic carbocycles. The number of aromatic nitrogens is 5. The predicted molar refractivity (Wildman–Crippen MR) is 136 cm³/mol. The van der Waals surface area contributed by atoms with E-state index >= 15 is 0 Å². The van der Waals surface area contributed by atoms with E-state index in [1.165, 1.54) is 38.5 Å². The molecule has 2 aliphatic rings. The molecule has 0 radical (unpaired) electrons. The highest BCUT2D eigenvalue weighted by Crippen LogP contribution is 2.41. The van der Waals surface area contributed by atoms with Crippen molar-refractivity contribution in [3.63, 3.8) is 0 Å². The molecule has 192 valence electrons. The second-order valence-electron chi connectivity index (χ2n) is 7.33. The number of terminal acetylenes is 1. The third kappa shape index (κ3) is 5.45. The SMILES string of the molecule is C#CCON=C(C(=O)NC1C(=O)N2C(C(=O)O)=C(CSc3nnnn3CC=C)CS[C@H]12)c1csc(N)n1. The minimum absolute atomic E-state index is 0.118. The summed E-state index contributed by atoms with van der Waals surface area (Å²) in [5.41, 5.74) is 6.02. The fraction of sp³-hybridized carbons (Fsp3) is 0.300. The fourth-order valence-corrected chi connectivity index (χ4v) is 6.35. The van der Waals surface area contributed by atoms with Crippen molar-refractivity contribution in [2.24, 2.45) is 5.16 Å². The van der Waals surface area contributed by atoms with Gasteiger partial charge >= 0.3 is 5.97 Å². The third-order valence-electron chi connectivity index (χ3n) is 5.00. The van der Waals surface area contributed by atoms with Crippen LogP contribution in [0.15, 0.2) is 39.6 Å². The molecule has 2 aromatic rings. The Hall–Kier alpha value is -3.88. The highest BCUT2D eigenvalue weighted by Gasteiger charge is 2.54. The number of anilines is 1. The van der Waals surface area contributed by atoms with Gasteiger partial charge in [0.15, 0.2) is 17.5 Å². The smallest absolute Gasteiger partial charge is 0.352 e. The van der Waals surface area contributed by atoms with Crippen molar-refractivity contribution >= 4 is 63.5 Å². The molecule has 1 fully saturated rings. The zero-order chi connectivity index (χ0) is 26.5. The maximum absolute atomic E-state index is 13.0. The number of hydrogen-bond acceptors (Lipinski definition) is 13. The minimum Gasteiger partial charge on any atom is -0.477 e. The zero-order valence-electron chi connectivity index (χ0n) is 18.9. The number of aliphatic carboxylic acids is 1. The Morgan fingerprint density at radius 3 is 3.00 bits per heavy atom. The molecule has 4 heterocycles. The minimum atomic E-state index is -1.24. The first-order valence-electron chi connectivity index (χ1n) is 10.4. The number of fused-ring (bicyclic) bond motifs is 1. The van der Waals surface area contributed by atoms with E-state index in [2.05, 4.69) is 43.5 Å². The number of thioether (sulfide) groups is 2. The van der Waals surface area contributed by atoms with E-state index in [0.29, 0.717) is 23.0 Å². The summed E-state index contributed by atoms with van der Waals surface area (Å²) in [6, 6.07) is -0.977. The maximum atomic E-state index is 13.0. The highest BCUT2D eigenvalue weighted by molar-refractivity contribution is 8.01. The van der Waals surface area contributed by atoms with Gasteiger partial charge in [0.25, 0.3) is 11.8 Å². The third-order valence-corrected chi connectivity index (χ3v) is 8.05. The molecule has 2 atom stereocenters. The highest BCUT2D eigenvalue weighted by atomic mass is 32.2. The number of carboxylic acids is 1. The number of carboxylic acid groups (broad SMARTS) is 1. The number of tetrazole rings is 1. The summed E-state index contributed by atoms with van der Waals surface area (Å²) in [7, 11) is 0. The van der Waals surface area contributed by atoms with E-state index in [-0.39, 0.29) is 34.6 Å². The summed E-state index contributed by atoms with van der Waals surface area (Å²) in [4.78, 5) is 48.3. The monoisotopic (exact) mass is 561 g/mol.